The van der Waals surface area contributed by atoms with Crippen molar-refractivity contribution in [3.63, 3.8) is 0 Å². The molecule has 9 heteroatoms. The van der Waals surface area contributed by atoms with E-state index < -0.39 is 10.8 Å². The third-order valence-corrected chi connectivity index (χ3v) is 6.92. The second kappa shape index (κ2) is 8.09. The van der Waals surface area contributed by atoms with E-state index in [-0.39, 0.29) is 0 Å². The maximum atomic E-state index is 12.7. The Labute approximate surface area is 168 Å². The molecule has 0 aliphatic heterocycles. The van der Waals surface area contributed by atoms with E-state index in [4.69, 9.17) is 15.5 Å². The summed E-state index contributed by atoms with van der Waals surface area (Å²) in [6.45, 7) is 0.390. The first-order chi connectivity index (χ1) is 13.7. The van der Waals surface area contributed by atoms with E-state index in [1.165, 1.54) is 11.3 Å². The third kappa shape index (κ3) is 3.51. The fourth-order valence-electron chi connectivity index (χ4n) is 2.74. The van der Waals surface area contributed by atoms with Crippen molar-refractivity contribution in [2.45, 2.75) is 4.21 Å². The Kier molecular flexibility index (Phi) is 5.38. The minimum atomic E-state index is -1.27. The highest BCUT2D eigenvalue weighted by molar-refractivity contribution is 7.87. The third-order valence-electron chi connectivity index (χ3n) is 4.05. The van der Waals surface area contributed by atoms with Gasteiger partial charge in [0.05, 0.1) is 39.9 Å². The highest BCUT2D eigenvalue weighted by Gasteiger charge is 2.22. The van der Waals surface area contributed by atoms with Gasteiger partial charge in [0.25, 0.3) is 0 Å². The van der Waals surface area contributed by atoms with Crippen LogP contribution in [0.3, 0.4) is 0 Å². The molecule has 1 atom stereocenters. The molecule has 0 radical (unpaired) electrons. The molecule has 1 aromatic carbocycles. The number of benzene rings is 1. The number of nitrogens with zero attached hydrogens (tertiary/aromatic N) is 4. The van der Waals surface area contributed by atoms with E-state index >= 15 is 0 Å². The number of anilines is 1. The van der Waals surface area contributed by atoms with Crippen molar-refractivity contribution in [2.75, 3.05) is 25.2 Å². The largest absolute Gasteiger partial charge is 0.396 e. The van der Waals surface area contributed by atoms with E-state index in [9.17, 15) is 4.21 Å². The Morgan fingerprint density at radius 1 is 1.07 bits per heavy atom. The molecule has 28 heavy (non-hydrogen) atoms. The van der Waals surface area contributed by atoms with Crippen LogP contribution in [0.15, 0.2) is 53.0 Å². The standard InChI is InChI=1S/C19H17N5O2S2/c1-26-10-11-28(25)19-14(20)13-15(12-6-3-2-4-7-12)23-17(24-18(13)27-19)16-21-8-5-9-22-16/h2-9H,10-11,20H2,1H3. The predicted molar refractivity (Wildman–Crippen MR) is 111 cm³/mol. The molecule has 3 aromatic heterocycles. The number of hydrogen-bond acceptors (Lipinski definition) is 8. The molecule has 0 aliphatic carbocycles. The summed E-state index contributed by atoms with van der Waals surface area (Å²) in [7, 11) is 0.306. The molecule has 0 bridgehead atoms. The monoisotopic (exact) mass is 411 g/mol. The van der Waals surface area contributed by atoms with Crippen LogP contribution >= 0.6 is 11.3 Å². The van der Waals surface area contributed by atoms with Gasteiger partial charge < -0.3 is 10.5 Å². The minimum absolute atomic E-state index is 0.371. The topological polar surface area (TPSA) is 104 Å². The van der Waals surface area contributed by atoms with Crippen LogP contribution in [0.1, 0.15) is 0 Å². The van der Waals surface area contributed by atoms with Crippen molar-refractivity contribution in [1.29, 1.82) is 0 Å². The average Bonchev–Trinajstić information content (AvgIpc) is 3.09. The number of fused-ring (bicyclic) bond motifs is 1. The van der Waals surface area contributed by atoms with E-state index in [1.54, 1.807) is 25.6 Å². The van der Waals surface area contributed by atoms with Gasteiger partial charge >= 0.3 is 0 Å². The quantitative estimate of drug-likeness (QED) is 0.520. The molecule has 4 aromatic rings. The number of nitrogen functional groups attached to an aromatic ring is 1. The van der Waals surface area contributed by atoms with Crippen LogP contribution in [0.2, 0.25) is 0 Å². The number of nitrogens with two attached hydrogens (primary N) is 1. The lowest BCUT2D eigenvalue weighted by molar-refractivity contribution is 0.218. The zero-order valence-electron chi connectivity index (χ0n) is 15.0. The number of thiophene rings is 1. The van der Waals surface area contributed by atoms with Gasteiger partial charge in [-0.2, -0.15) is 0 Å². The Balaban J connectivity index is 1.95. The van der Waals surface area contributed by atoms with Gasteiger partial charge in [-0.25, -0.2) is 19.9 Å². The summed E-state index contributed by atoms with van der Waals surface area (Å²) in [6.07, 6.45) is 3.29. The molecular weight excluding hydrogens is 394 g/mol. The molecule has 0 spiro atoms. The Bertz CT molecular complexity index is 1130. The first-order valence-corrected chi connectivity index (χ1v) is 10.6. The van der Waals surface area contributed by atoms with Gasteiger partial charge in [0.15, 0.2) is 11.6 Å². The second-order valence-electron chi connectivity index (χ2n) is 5.86. The summed E-state index contributed by atoms with van der Waals surface area (Å²) in [5.41, 5.74) is 8.43. The first-order valence-electron chi connectivity index (χ1n) is 8.49. The smallest absolute Gasteiger partial charge is 0.199 e. The van der Waals surface area contributed by atoms with Crippen LogP contribution in [0.5, 0.6) is 0 Å². The zero-order valence-corrected chi connectivity index (χ0v) is 16.7. The van der Waals surface area contributed by atoms with Crippen molar-refractivity contribution in [3.8, 4) is 22.9 Å². The lowest BCUT2D eigenvalue weighted by atomic mass is 10.1. The molecule has 0 amide bonds. The van der Waals surface area contributed by atoms with Crippen molar-refractivity contribution in [3.05, 3.63) is 48.8 Å². The molecule has 0 aliphatic rings. The SMILES string of the molecule is COCCS(=O)c1sc2nc(-c3ncccn3)nc(-c3ccccc3)c2c1N. The van der Waals surface area contributed by atoms with Crippen LogP contribution in [-0.4, -0.2) is 43.6 Å². The van der Waals surface area contributed by atoms with Crippen molar-refractivity contribution >= 4 is 38.0 Å². The fraction of sp³-hybridized carbons (Fsp3) is 0.158. The molecule has 7 nitrogen and oxygen atoms in total. The highest BCUT2D eigenvalue weighted by Crippen LogP contribution is 2.40. The summed E-state index contributed by atoms with van der Waals surface area (Å²) in [6, 6.07) is 11.4. The predicted octanol–water partition coefficient (Wildman–Crippen LogP) is 3.15. The maximum absolute atomic E-state index is 12.7. The van der Waals surface area contributed by atoms with Gasteiger partial charge in [-0.05, 0) is 6.07 Å². The van der Waals surface area contributed by atoms with Gasteiger partial charge in [0.2, 0.25) is 0 Å². The van der Waals surface area contributed by atoms with E-state index in [0.29, 0.717) is 49.8 Å². The number of ether oxygens (including phenoxy) is 1. The van der Waals surface area contributed by atoms with Gasteiger partial charge in [-0.3, -0.25) is 4.21 Å². The second-order valence-corrected chi connectivity index (χ2v) is 8.63. The van der Waals surface area contributed by atoms with Gasteiger partial charge in [0.1, 0.15) is 9.04 Å². The fourth-order valence-corrected chi connectivity index (χ4v) is 5.28. The minimum Gasteiger partial charge on any atom is -0.396 e. The summed E-state index contributed by atoms with van der Waals surface area (Å²) in [4.78, 5) is 18.5. The molecule has 0 saturated heterocycles. The Hall–Kier alpha value is -2.75. The number of methoxy groups -OCH3 is 1. The van der Waals surface area contributed by atoms with Gasteiger partial charge in [-0.15, -0.1) is 11.3 Å². The van der Waals surface area contributed by atoms with E-state index in [2.05, 4.69) is 15.0 Å². The average molecular weight is 412 g/mol. The molecule has 142 valence electrons. The summed E-state index contributed by atoms with van der Waals surface area (Å²) in [5.74, 6) is 1.20. The van der Waals surface area contributed by atoms with Crippen LogP contribution < -0.4 is 5.73 Å². The normalized spacial score (nSPS) is 12.3. The number of rotatable bonds is 6. The first kappa shape index (κ1) is 18.6. The van der Waals surface area contributed by atoms with Crippen LogP contribution in [0, 0.1) is 0 Å². The molecule has 0 fully saturated rings. The van der Waals surface area contributed by atoms with Crippen molar-refractivity contribution in [1.82, 2.24) is 19.9 Å². The highest BCUT2D eigenvalue weighted by atomic mass is 32.2. The van der Waals surface area contributed by atoms with Gasteiger partial charge in [-0.1, -0.05) is 30.3 Å². The molecule has 0 saturated carbocycles. The Morgan fingerprint density at radius 3 is 2.54 bits per heavy atom. The number of hydrogen-bond donors (Lipinski definition) is 1. The van der Waals surface area contributed by atoms with Gasteiger partial charge in [0, 0.05) is 25.1 Å². The van der Waals surface area contributed by atoms with E-state index in [1.807, 2.05) is 30.3 Å². The van der Waals surface area contributed by atoms with Crippen molar-refractivity contribution in [2.24, 2.45) is 0 Å². The lowest BCUT2D eigenvalue weighted by Gasteiger charge is -2.06. The summed E-state index contributed by atoms with van der Waals surface area (Å²) >= 11 is 1.31. The number of aromatic nitrogens is 4. The van der Waals surface area contributed by atoms with Crippen molar-refractivity contribution < 1.29 is 8.95 Å². The molecule has 4 rings (SSSR count). The van der Waals surface area contributed by atoms with Crippen LogP contribution in [-0.2, 0) is 15.5 Å². The summed E-state index contributed by atoms with van der Waals surface area (Å²) in [5, 5.41) is 0.705. The summed E-state index contributed by atoms with van der Waals surface area (Å²) < 4.78 is 18.3. The maximum Gasteiger partial charge on any atom is 0.199 e. The molecule has 3 heterocycles. The Morgan fingerprint density at radius 2 is 1.82 bits per heavy atom. The molecular formula is C19H17N5O2S2. The van der Waals surface area contributed by atoms with Crippen LogP contribution in [0.4, 0.5) is 5.69 Å². The molecule has 1 unspecified atom stereocenters. The zero-order chi connectivity index (χ0) is 19.5. The molecule has 2 N–H and O–H groups in total. The van der Waals surface area contributed by atoms with Crippen LogP contribution in [0.25, 0.3) is 33.1 Å². The van der Waals surface area contributed by atoms with E-state index in [0.717, 1.165) is 5.56 Å². The lowest BCUT2D eigenvalue weighted by Crippen LogP contribution is -2.04.